The predicted molar refractivity (Wildman–Crippen MR) is 134 cm³/mol. The summed E-state index contributed by atoms with van der Waals surface area (Å²) in [5, 5.41) is 3.96. The van der Waals surface area contributed by atoms with Crippen molar-refractivity contribution in [3.05, 3.63) is 40.8 Å². The summed E-state index contributed by atoms with van der Waals surface area (Å²) >= 11 is 1.57. The van der Waals surface area contributed by atoms with Gasteiger partial charge >= 0.3 is 5.97 Å². The van der Waals surface area contributed by atoms with Crippen molar-refractivity contribution in [3.8, 4) is 11.1 Å². The lowest BCUT2D eigenvalue weighted by Crippen LogP contribution is -2.51. The number of hydrogen-bond donors (Lipinski definition) is 1. The van der Waals surface area contributed by atoms with Gasteiger partial charge in [0.15, 0.2) is 0 Å². The largest absolute Gasteiger partial charge is 0.465 e. The Balaban J connectivity index is 1.51. The molecule has 4 fully saturated rings. The van der Waals surface area contributed by atoms with Crippen LogP contribution >= 0.6 is 11.3 Å². The predicted octanol–water partition coefficient (Wildman–Crippen LogP) is 7.09. The number of esters is 1. The maximum absolute atomic E-state index is 13.8. The van der Waals surface area contributed by atoms with E-state index in [-0.39, 0.29) is 17.3 Å². The highest BCUT2D eigenvalue weighted by Crippen LogP contribution is 2.60. The zero-order chi connectivity index (χ0) is 23.0. The Kier molecular flexibility index (Phi) is 6.34. The summed E-state index contributed by atoms with van der Waals surface area (Å²) in [7, 11) is 1.43. The summed E-state index contributed by atoms with van der Waals surface area (Å²) in [5.74, 6) is 1.88. The Morgan fingerprint density at radius 3 is 2.24 bits per heavy atom. The van der Waals surface area contributed by atoms with Crippen LogP contribution in [0.25, 0.3) is 11.1 Å². The van der Waals surface area contributed by atoms with E-state index in [9.17, 15) is 9.59 Å². The van der Waals surface area contributed by atoms with Crippen molar-refractivity contribution in [2.75, 3.05) is 12.4 Å². The topological polar surface area (TPSA) is 55.4 Å². The minimum atomic E-state index is -0.368. The molecule has 4 bridgehead atoms. The summed E-state index contributed by atoms with van der Waals surface area (Å²) in [4.78, 5) is 28.0. The zero-order valence-electron chi connectivity index (χ0n) is 19.8. The minimum Gasteiger partial charge on any atom is -0.465 e. The number of anilines is 1. The Morgan fingerprint density at radius 2 is 1.67 bits per heavy atom. The van der Waals surface area contributed by atoms with Crippen molar-refractivity contribution >= 4 is 28.2 Å². The Hall–Kier alpha value is -2.14. The van der Waals surface area contributed by atoms with Crippen LogP contribution in [0, 0.1) is 23.2 Å². The number of unbranched alkanes of at least 4 members (excludes halogenated alkanes) is 2. The molecule has 1 heterocycles. The normalized spacial score (nSPS) is 27.5. The molecule has 0 aliphatic heterocycles. The van der Waals surface area contributed by atoms with Gasteiger partial charge in [0.25, 0.3) is 0 Å². The van der Waals surface area contributed by atoms with Crippen LogP contribution in [-0.4, -0.2) is 19.0 Å². The number of carbonyl (C=O) groups is 2. The highest BCUT2D eigenvalue weighted by atomic mass is 32.1. The SMILES string of the molecule is CCCCCc1sc(NC(=O)C23CC4CC(CC(C4)C2)C3)c(C(=O)OC)c1-c1ccccc1. The second-order valence-electron chi connectivity index (χ2n) is 10.6. The van der Waals surface area contributed by atoms with Gasteiger partial charge in [-0.25, -0.2) is 4.79 Å². The number of amides is 1. The van der Waals surface area contributed by atoms with Crippen LogP contribution in [0.2, 0.25) is 0 Å². The molecular formula is C28H35NO3S. The van der Waals surface area contributed by atoms with Gasteiger partial charge in [-0.3, -0.25) is 4.79 Å². The molecule has 0 saturated heterocycles. The maximum atomic E-state index is 13.8. The lowest BCUT2D eigenvalue weighted by Gasteiger charge is -2.55. The molecule has 1 amide bonds. The fourth-order valence-corrected chi connectivity index (χ4v) is 8.36. The lowest BCUT2D eigenvalue weighted by atomic mass is 9.49. The molecule has 33 heavy (non-hydrogen) atoms. The second-order valence-corrected chi connectivity index (χ2v) is 11.7. The van der Waals surface area contributed by atoms with Crippen LogP contribution in [0.4, 0.5) is 5.00 Å². The third kappa shape index (κ3) is 4.25. The molecule has 4 aliphatic carbocycles. The van der Waals surface area contributed by atoms with Gasteiger partial charge in [0.05, 0.1) is 12.5 Å². The molecule has 6 rings (SSSR count). The van der Waals surface area contributed by atoms with Crippen LogP contribution in [0.1, 0.15) is 79.9 Å². The smallest absolute Gasteiger partial charge is 0.341 e. The van der Waals surface area contributed by atoms with Gasteiger partial charge in [0.1, 0.15) is 10.6 Å². The highest BCUT2D eigenvalue weighted by Gasteiger charge is 2.54. The number of nitrogens with one attached hydrogen (secondary N) is 1. The number of rotatable bonds is 8. The number of benzene rings is 1. The highest BCUT2D eigenvalue weighted by molar-refractivity contribution is 7.17. The Labute approximate surface area is 201 Å². The molecule has 0 spiro atoms. The molecular weight excluding hydrogens is 430 g/mol. The van der Waals surface area contributed by atoms with E-state index >= 15 is 0 Å². The number of ether oxygens (including phenoxy) is 1. The molecule has 4 aliphatic rings. The average Bonchev–Trinajstić information content (AvgIpc) is 3.16. The van der Waals surface area contributed by atoms with Gasteiger partial charge < -0.3 is 10.1 Å². The molecule has 4 nitrogen and oxygen atoms in total. The maximum Gasteiger partial charge on any atom is 0.341 e. The molecule has 0 unspecified atom stereocenters. The van der Waals surface area contributed by atoms with E-state index < -0.39 is 0 Å². The number of carbonyl (C=O) groups excluding carboxylic acids is 2. The first-order valence-electron chi connectivity index (χ1n) is 12.6. The van der Waals surface area contributed by atoms with E-state index in [1.54, 1.807) is 11.3 Å². The van der Waals surface area contributed by atoms with E-state index in [0.717, 1.165) is 60.9 Å². The molecule has 5 heteroatoms. The summed E-state index contributed by atoms with van der Waals surface area (Å²) < 4.78 is 5.23. The van der Waals surface area contributed by atoms with Gasteiger partial charge in [0, 0.05) is 10.4 Å². The van der Waals surface area contributed by atoms with Gasteiger partial charge in [0.2, 0.25) is 5.91 Å². The van der Waals surface area contributed by atoms with Gasteiger partial charge in [-0.05, 0) is 74.7 Å². The Bertz CT molecular complexity index is 990. The van der Waals surface area contributed by atoms with Crippen molar-refractivity contribution in [1.29, 1.82) is 0 Å². The third-order valence-electron chi connectivity index (χ3n) is 8.19. The molecule has 0 atom stereocenters. The Morgan fingerprint density at radius 1 is 1.03 bits per heavy atom. The minimum absolute atomic E-state index is 0.132. The van der Waals surface area contributed by atoms with Crippen molar-refractivity contribution in [1.82, 2.24) is 0 Å². The first kappa shape index (κ1) is 22.6. The first-order valence-corrected chi connectivity index (χ1v) is 13.5. The van der Waals surface area contributed by atoms with Crippen LogP contribution in [0.5, 0.6) is 0 Å². The molecule has 0 radical (unpaired) electrons. The average molecular weight is 466 g/mol. The molecule has 1 aromatic heterocycles. The van der Waals surface area contributed by atoms with Crippen LogP contribution in [0.3, 0.4) is 0 Å². The van der Waals surface area contributed by atoms with Gasteiger partial charge in [-0.15, -0.1) is 11.3 Å². The van der Waals surface area contributed by atoms with Crippen LogP contribution in [-0.2, 0) is 16.0 Å². The number of hydrogen-bond acceptors (Lipinski definition) is 4. The fourth-order valence-electron chi connectivity index (χ4n) is 7.11. The van der Waals surface area contributed by atoms with Crippen molar-refractivity contribution < 1.29 is 14.3 Å². The van der Waals surface area contributed by atoms with E-state index in [4.69, 9.17) is 4.74 Å². The van der Waals surface area contributed by atoms with Crippen LogP contribution in [0.15, 0.2) is 30.3 Å². The van der Waals surface area contributed by atoms with E-state index in [0.29, 0.717) is 28.3 Å². The van der Waals surface area contributed by atoms with Crippen LogP contribution < -0.4 is 5.32 Å². The summed E-state index contributed by atoms with van der Waals surface area (Å²) in [6.07, 6.45) is 11.2. The summed E-state index contributed by atoms with van der Waals surface area (Å²) in [6, 6.07) is 10.1. The molecule has 2 aromatic rings. The molecule has 176 valence electrons. The second kappa shape index (κ2) is 9.25. The fraction of sp³-hybridized carbons (Fsp3) is 0.571. The quantitative estimate of drug-likeness (QED) is 0.334. The molecule has 4 saturated carbocycles. The zero-order valence-corrected chi connectivity index (χ0v) is 20.6. The van der Waals surface area contributed by atoms with Crippen molar-refractivity contribution in [2.45, 2.75) is 71.1 Å². The third-order valence-corrected chi connectivity index (χ3v) is 9.35. The van der Waals surface area contributed by atoms with Gasteiger partial charge in [-0.1, -0.05) is 50.1 Å². The van der Waals surface area contributed by atoms with Crippen molar-refractivity contribution in [2.24, 2.45) is 23.2 Å². The number of thiophene rings is 1. The first-order chi connectivity index (χ1) is 16.0. The van der Waals surface area contributed by atoms with Gasteiger partial charge in [-0.2, -0.15) is 0 Å². The van der Waals surface area contributed by atoms with Crippen molar-refractivity contribution in [3.63, 3.8) is 0 Å². The van der Waals surface area contributed by atoms with E-state index in [1.165, 1.54) is 26.4 Å². The lowest BCUT2D eigenvalue weighted by molar-refractivity contribution is -0.140. The standard InChI is InChI=1S/C28H35NO3S/c1-3-4-6-11-22-23(21-9-7-5-8-10-21)24(26(30)32-2)25(33-22)29-27(31)28-15-18-12-19(16-28)14-20(13-18)17-28/h5,7-10,18-20H,3-4,6,11-17H2,1-2H3,(H,29,31). The van der Waals surface area contributed by atoms with E-state index in [1.807, 2.05) is 30.3 Å². The molecule has 1 N–H and O–H groups in total. The number of aryl methyl sites for hydroxylation is 1. The molecule has 1 aromatic carbocycles. The monoisotopic (exact) mass is 465 g/mol. The van der Waals surface area contributed by atoms with E-state index in [2.05, 4.69) is 12.2 Å². The number of methoxy groups -OCH3 is 1. The summed E-state index contributed by atoms with van der Waals surface area (Å²) in [5.41, 5.74) is 2.22. The summed E-state index contributed by atoms with van der Waals surface area (Å²) in [6.45, 7) is 2.20.